The third-order valence-electron chi connectivity index (χ3n) is 4.89. The second-order valence-corrected chi connectivity index (χ2v) is 9.19. The van der Waals surface area contributed by atoms with Crippen LogP contribution in [-0.2, 0) is 7.05 Å². The van der Waals surface area contributed by atoms with Gasteiger partial charge in [-0.05, 0) is 56.3 Å². The number of hydrogen-bond donors (Lipinski definition) is 1. The number of nitrogens with zero attached hydrogens (tertiary/aromatic N) is 3. The molecule has 0 saturated carbocycles. The molecule has 4 aromatic rings. The number of carbonyl (C=O) groups is 1. The Kier molecular flexibility index (Phi) is 6.39. The third-order valence-corrected chi connectivity index (χ3v) is 6.87. The van der Waals surface area contributed by atoms with Crippen molar-refractivity contribution in [2.45, 2.75) is 18.2 Å². The number of ether oxygens (including phenoxy) is 1. The van der Waals surface area contributed by atoms with E-state index >= 15 is 0 Å². The number of carbonyl (C=O) groups excluding carboxylic acids is 1. The van der Waals surface area contributed by atoms with Gasteiger partial charge in [-0.1, -0.05) is 41.3 Å². The van der Waals surface area contributed by atoms with E-state index in [1.807, 2.05) is 86.1 Å². The molecule has 0 atom stereocenters. The van der Waals surface area contributed by atoms with E-state index in [4.69, 9.17) is 4.74 Å². The molecule has 0 aliphatic heterocycles. The fraction of sp³-hybridized carbons (Fsp3) is 0.174. The fourth-order valence-corrected chi connectivity index (χ4v) is 4.67. The normalized spacial score (nSPS) is 10.8. The molecule has 0 unspecified atom stereocenters. The summed E-state index contributed by atoms with van der Waals surface area (Å²) in [6.45, 7) is 3.97. The van der Waals surface area contributed by atoms with Gasteiger partial charge in [0.05, 0.1) is 5.75 Å². The molecule has 158 valence electrons. The molecule has 2 heterocycles. The van der Waals surface area contributed by atoms with Crippen molar-refractivity contribution in [3.8, 4) is 11.5 Å². The summed E-state index contributed by atoms with van der Waals surface area (Å²) in [5, 5.41) is 12.3. The minimum atomic E-state index is 0.102. The highest BCUT2D eigenvalue weighted by Crippen LogP contribution is 2.30. The van der Waals surface area contributed by atoms with E-state index in [0.717, 1.165) is 38.5 Å². The molecular weight excluding hydrogens is 428 g/mol. The Morgan fingerprint density at radius 3 is 2.45 bits per heavy atom. The molecule has 0 saturated heterocycles. The molecule has 1 N–H and O–H groups in total. The van der Waals surface area contributed by atoms with E-state index in [2.05, 4.69) is 15.5 Å². The molecule has 0 amide bonds. The van der Waals surface area contributed by atoms with E-state index in [-0.39, 0.29) is 5.78 Å². The van der Waals surface area contributed by atoms with Crippen LogP contribution >= 0.6 is 23.1 Å². The number of anilines is 2. The second-order valence-electron chi connectivity index (χ2n) is 6.99. The number of rotatable bonds is 8. The molecular formula is C23H22N4O2S2. The maximum absolute atomic E-state index is 12.6. The number of para-hydroxylation sites is 1. The predicted octanol–water partition coefficient (Wildman–Crippen LogP) is 6.00. The molecule has 0 fully saturated rings. The van der Waals surface area contributed by atoms with Crippen molar-refractivity contribution in [1.82, 2.24) is 14.8 Å². The molecule has 0 radical (unpaired) electrons. The van der Waals surface area contributed by atoms with Crippen molar-refractivity contribution in [2.75, 3.05) is 11.1 Å². The highest BCUT2D eigenvalue weighted by Gasteiger charge is 2.15. The number of aromatic nitrogens is 3. The Balaban J connectivity index is 1.32. The number of benzene rings is 2. The monoisotopic (exact) mass is 450 g/mol. The summed E-state index contributed by atoms with van der Waals surface area (Å²) in [7, 11) is 1.97. The summed E-state index contributed by atoms with van der Waals surface area (Å²) in [4.78, 5) is 12.6. The van der Waals surface area contributed by atoms with E-state index in [9.17, 15) is 4.79 Å². The number of thioether (sulfide) groups is 1. The van der Waals surface area contributed by atoms with Crippen LogP contribution in [-0.4, -0.2) is 26.3 Å². The Morgan fingerprint density at radius 1 is 1.06 bits per heavy atom. The van der Waals surface area contributed by atoms with Gasteiger partial charge in [-0.25, -0.2) is 0 Å². The summed E-state index contributed by atoms with van der Waals surface area (Å²) in [5.74, 6) is 1.99. The zero-order valence-electron chi connectivity index (χ0n) is 17.5. The predicted molar refractivity (Wildman–Crippen MR) is 126 cm³/mol. The zero-order chi connectivity index (χ0) is 21.8. The highest BCUT2D eigenvalue weighted by molar-refractivity contribution is 8.01. The summed E-state index contributed by atoms with van der Waals surface area (Å²) < 4.78 is 8.59. The number of ketones is 1. The Hall–Kier alpha value is -3.10. The van der Waals surface area contributed by atoms with Crippen LogP contribution in [0.3, 0.4) is 0 Å². The van der Waals surface area contributed by atoms with Crippen LogP contribution in [0.4, 0.5) is 10.8 Å². The quantitative estimate of drug-likeness (QED) is 0.262. The minimum Gasteiger partial charge on any atom is -0.457 e. The SMILES string of the molecule is Cc1cc(C(=O)CSc2nnc(Nc3ccc(Oc4ccccc4)cc3)s2)c(C)n1C. The summed E-state index contributed by atoms with van der Waals surface area (Å²) in [6.07, 6.45) is 0. The van der Waals surface area contributed by atoms with Gasteiger partial charge in [0.2, 0.25) is 5.13 Å². The third kappa shape index (κ3) is 5.15. The topological polar surface area (TPSA) is 69.0 Å². The molecule has 2 aromatic heterocycles. The number of Topliss-reactive ketones (excluding diaryl/α,β-unsaturated/α-hetero) is 1. The lowest BCUT2D eigenvalue weighted by Gasteiger charge is -2.06. The van der Waals surface area contributed by atoms with Crippen LogP contribution in [0.1, 0.15) is 21.7 Å². The van der Waals surface area contributed by atoms with Crippen LogP contribution in [0.15, 0.2) is 65.0 Å². The van der Waals surface area contributed by atoms with Gasteiger partial charge < -0.3 is 14.6 Å². The van der Waals surface area contributed by atoms with Gasteiger partial charge in [-0.2, -0.15) is 0 Å². The number of nitrogens with one attached hydrogen (secondary N) is 1. The first kappa shape index (κ1) is 21.1. The van der Waals surface area contributed by atoms with Gasteiger partial charge in [0.15, 0.2) is 10.1 Å². The smallest absolute Gasteiger partial charge is 0.210 e. The lowest BCUT2D eigenvalue weighted by molar-refractivity contribution is 0.102. The Morgan fingerprint density at radius 2 is 1.77 bits per heavy atom. The lowest BCUT2D eigenvalue weighted by Crippen LogP contribution is -2.04. The largest absolute Gasteiger partial charge is 0.457 e. The molecule has 31 heavy (non-hydrogen) atoms. The maximum atomic E-state index is 12.6. The van der Waals surface area contributed by atoms with Crippen LogP contribution in [0.2, 0.25) is 0 Å². The van der Waals surface area contributed by atoms with E-state index in [1.54, 1.807) is 0 Å². The fourth-order valence-electron chi connectivity index (χ4n) is 3.02. The van der Waals surface area contributed by atoms with Crippen molar-refractivity contribution in [2.24, 2.45) is 7.05 Å². The molecule has 4 rings (SSSR count). The van der Waals surface area contributed by atoms with Crippen molar-refractivity contribution < 1.29 is 9.53 Å². The first-order chi connectivity index (χ1) is 15.0. The average Bonchev–Trinajstić information content (AvgIpc) is 3.33. The maximum Gasteiger partial charge on any atom is 0.210 e. The molecule has 0 bridgehead atoms. The first-order valence-electron chi connectivity index (χ1n) is 9.72. The molecule has 0 aliphatic rings. The van der Waals surface area contributed by atoms with Gasteiger partial charge in [0.1, 0.15) is 11.5 Å². The van der Waals surface area contributed by atoms with Crippen LogP contribution < -0.4 is 10.1 Å². The van der Waals surface area contributed by atoms with Gasteiger partial charge in [-0.3, -0.25) is 4.79 Å². The Bertz CT molecular complexity index is 1180. The van der Waals surface area contributed by atoms with Crippen molar-refractivity contribution >= 4 is 39.7 Å². The average molecular weight is 451 g/mol. The van der Waals surface area contributed by atoms with Gasteiger partial charge in [0, 0.05) is 29.7 Å². The van der Waals surface area contributed by atoms with Crippen LogP contribution in [0.5, 0.6) is 11.5 Å². The Labute approximate surface area is 189 Å². The highest BCUT2D eigenvalue weighted by atomic mass is 32.2. The van der Waals surface area contributed by atoms with Crippen molar-refractivity contribution in [3.63, 3.8) is 0 Å². The second kappa shape index (κ2) is 9.36. The van der Waals surface area contributed by atoms with Gasteiger partial charge in [-0.15, -0.1) is 10.2 Å². The molecule has 6 nitrogen and oxygen atoms in total. The van der Waals surface area contributed by atoms with E-state index in [0.29, 0.717) is 10.9 Å². The van der Waals surface area contributed by atoms with Crippen molar-refractivity contribution in [1.29, 1.82) is 0 Å². The standard InChI is InChI=1S/C23H22N4O2S2/c1-15-13-20(16(2)27(15)3)21(28)14-30-23-26-25-22(31-23)24-17-9-11-19(12-10-17)29-18-7-5-4-6-8-18/h4-13H,14H2,1-3H3,(H,24,25). The molecule has 2 aromatic carbocycles. The molecule has 0 aliphatic carbocycles. The van der Waals surface area contributed by atoms with E-state index < -0.39 is 0 Å². The minimum absolute atomic E-state index is 0.102. The van der Waals surface area contributed by atoms with Crippen LogP contribution in [0.25, 0.3) is 0 Å². The van der Waals surface area contributed by atoms with Crippen LogP contribution in [0, 0.1) is 13.8 Å². The summed E-state index contributed by atoms with van der Waals surface area (Å²) in [5.41, 5.74) is 3.73. The summed E-state index contributed by atoms with van der Waals surface area (Å²) in [6, 6.07) is 19.2. The van der Waals surface area contributed by atoms with Gasteiger partial charge >= 0.3 is 0 Å². The number of hydrogen-bond acceptors (Lipinski definition) is 7. The molecule has 8 heteroatoms. The van der Waals surface area contributed by atoms with E-state index in [1.165, 1.54) is 23.1 Å². The first-order valence-corrected chi connectivity index (χ1v) is 11.5. The summed E-state index contributed by atoms with van der Waals surface area (Å²) >= 11 is 2.83. The van der Waals surface area contributed by atoms with Gasteiger partial charge in [0.25, 0.3) is 0 Å². The lowest BCUT2D eigenvalue weighted by atomic mass is 10.2. The zero-order valence-corrected chi connectivity index (χ0v) is 19.1. The molecule has 0 spiro atoms. The number of aryl methyl sites for hydroxylation is 1. The van der Waals surface area contributed by atoms with Crippen molar-refractivity contribution in [3.05, 3.63) is 77.6 Å².